The third-order valence-corrected chi connectivity index (χ3v) is 2.38. The number of methoxy groups -OCH3 is 3. The minimum Gasteiger partial charge on any atom is -0.495 e. The number of nitrogens with one attached hydrogen (secondary N) is 1. The Morgan fingerprint density at radius 1 is 1.33 bits per heavy atom. The fourth-order valence-corrected chi connectivity index (χ4v) is 1.40. The summed E-state index contributed by atoms with van der Waals surface area (Å²) in [6.45, 7) is 0.352. The average molecular weight is 256 g/mol. The summed E-state index contributed by atoms with van der Waals surface area (Å²) >= 11 is 0. The maximum absolute atomic E-state index is 10.7. The molecular weight excluding hydrogens is 240 g/mol. The number of nitro benzene ring substituents is 1. The largest absolute Gasteiger partial charge is 0.495 e. The fourth-order valence-electron chi connectivity index (χ4n) is 1.40. The van der Waals surface area contributed by atoms with Crippen LogP contribution < -0.4 is 10.1 Å². The molecule has 1 rings (SSSR count). The standard InChI is InChI=1S/C11H16N2O5/c1-16-10-5-4-8(13(14)15)6-9(10)12-7-11(17-2)18-3/h4-6,11-12H,7H2,1-3H3. The van der Waals surface area contributed by atoms with E-state index < -0.39 is 11.2 Å². The van der Waals surface area contributed by atoms with Crippen LogP contribution in [-0.2, 0) is 9.47 Å². The van der Waals surface area contributed by atoms with E-state index >= 15 is 0 Å². The topological polar surface area (TPSA) is 82.9 Å². The van der Waals surface area contributed by atoms with Crippen molar-refractivity contribution in [3.8, 4) is 5.75 Å². The van der Waals surface area contributed by atoms with E-state index in [2.05, 4.69) is 5.32 Å². The van der Waals surface area contributed by atoms with Crippen LogP contribution in [0.25, 0.3) is 0 Å². The van der Waals surface area contributed by atoms with Gasteiger partial charge in [0.1, 0.15) is 5.75 Å². The molecule has 0 aromatic heterocycles. The highest BCUT2D eigenvalue weighted by atomic mass is 16.7. The second-order valence-electron chi connectivity index (χ2n) is 3.42. The molecular formula is C11H16N2O5. The van der Waals surface area contributed by atoms with Gasteiger partial charge >= 0.3 is 0 Å². The van der Waals surface area contributed by atoms with E-state index in [-0.39, 0.29) is 5.69 Å². The van der Waals surface area contributed by atoms with Crippen molar-refractivity contribution in [3.05, 3.63) is 28.3 Å². The molecule has 0 unspecified atom stereocenters. The molecule has 0 aliphatic heterocycles. The Balaban J connectivity index is 2.84. The van der Waals surface area contributed by atoms with Gasteiger partial charge in [-0.3, -0.25) is 10.1 Å². The number of anilines is 1. The van der Waals surface area contributed by atoms with Crippen LogP contribution in [0.4, 0.5) is 11.4 Å². The molecule has 0 heterocycles. The first-order valence-corrected chi connectivity index (χ1v) is 5.24. The number of nitro groups is 1. The molecule has 0 atom stereocenters. The second-order valence-corrected chi connectivity index (χ2v) is 3.42. The Kier molecular flexibility index (Phi) is 5.34. The molecule has 1 N–H and O–H groups in total. The zero-order valence-electron chi connectivity index (χ0n) is 10.5. The van der Waals surface area contributed by atoms with E-state index in [1.54, 1.807) is 0 Å². The van der Waals surface area contributed by atoms with Crippen molar-refractivity contribution in [3.63, 3.8) is 0 Å². The van der Waals surface area contributed by atoms with Crippen LogP contribution in [0.2, 0.25) is 0 Å². The zero-order chi connectivity index (χ0) is 13.5. The number of hydrogen-bond acceptors (Lipinski definition) is 6. The number of benzene rings is 1. The third-order valence-electron chi connectivity index (χ3n) is 2.38. The predicted molar refractivity (Wildman–Crippen MR) is 65.9 cm³/mol. The molecule has 0 spiro atoms. The number of non-ortho nitro benzene ring substituents is 1. The van der Waals surface area contributed by atoms with Crippen molar-refractivity contribution >= 4 is 11.4 Å². The molecule has 1 aromatic carbocycles. The van der Waals surface area contributed by atoms with E-state index in [0.29, 0.717) is 18.0 Å². The molecule has 7 nitrogen and oxygen atoms in total. The second kappa shape index (κ2) is 6.77. The Labute approximate surface area is 105 Å². The lowest BCUT2D eigenvalue weighted by molar-refractivity contribution is -0.384. The summed E-state index contributed by atoms with van der Waals surface area (Å²) in [5.41, 5.74) is 0.510. The lowest BCUT2D eigenvalue weighted by Crippen LogP contribution is -2.23. The number of nitrogens with zero attached hydrogens (tertiary/aromatic N) is 1. The van der Waals surface area contributed by atoms with Gasteiger partial charge in [0.15, 0.2) is 6.29 Å². The summed E-state index contributed by atoms with van der Waals surface area (Å²) in [6.07, 6.45) is -0.436. The van der Waals surface area contributed by atoms with Crippen LogP contribution in [0.5, 0.6) is 5.75 Å². The lowest BCUT2D eigenvalue weighted by Gasteiger charge is -2.16. The van der Waals surface area contributed by atoms with Gasteiger partial charge in [-0.2, -0.15) is 0 Å². The van der Waals surface area contributed by atoms with Crippen molar-refractivity contribution in [1.82, 2.24) is 0 Å². The van der Waals surface area contributed by atoms with Crippen molar-refractivity contribution in [2.24, 2.45) is 0 Å². The van der Waals surface area contributed by atoms with Gasteiger partial charge < -0.3 is 19.5 Å². The van der Waals surface area contributed by atoms with E-state index in [9.17, 15) is 10.1 Å². The predicted octanol–water partition coefficient (Wildman–Crippen LogP) is 1.63. The Bertz CT molecular complexity index is 406. The smallest absolute Gasteiger partial charge is 0.271 e. The van der Waals surface area contributed by atoms with Crippen LogP contribution in [0.1, 0.15) is 0 Å². The quantitative estimate of drug-likeness (QED) is 0.453. The van der Waals surface area contributed by atoms with E-state index in [0.717, 1.165) is 0 Å². The highest BCUT2D eigenvalue weighted by molar-refractivity contribution is 5.61. The summed E-state index contributed by atoms with van der Waals surface area (Å²) in [5, 5.41) is 13.7. The number of ether oxygens (including phenoxy) is 3. The molecule has 0 aliphatic carbocycles. The van der Waals surface area contributed by atoms with Gasteiger partial charge in [0.25, 0.3) is 5.69 Å². The summed E-state index contributed by atoms with van der Waals surface area (Å²) < 4.78 is 15.1. The Morgan fingerprint density at radius 3 is 2.50 bits per heavy atom. The van der Waals surface area contributed by atoms with Crippen LogP contribution in [0.15, 0.2) is 18.2 Å². The van der Waals surface area contributed by atoms with Crippen LogP contribution in [0, 0.1) is 10.1 Å². The first-order chi connectivity index (χ1) is 8.62. The Hall–Kier alpha value is -1.86. The van der Waals surface area contributed by atoms with Crippen molar-refractivity contribution in [2.45, 2.75) is 6.29 Å². The van der Waals surface area contributed by atoms with Gasteiger partial charge in [0, 0.05) is 26.4 Å². The lowest BCUT2D eigenvalue weighted by atomic mass is 10.2. The summed E-state index contributed by atoms with van der Waals surface area (Å²) in [7, 11) is 4.53. The molecule has 1 aromatic rings. The molecule has 100 valence electrons. The minimum atomic E-state index is -0.464. The molecule has 0 saturated carbocycles. The maximum Gasteiger partial charge on any atom is 0.271 e. The van der Waals surface area contributed by atoms with Crippen molar-refractivity contribution in [1.29, 1.82) is 0 Å². The van der Waals surface area contributed by atoms with Gasteiger partial charge in [-0.1, -0.05) is 0 Å². The van der Waals surface area contributed by atoms with Gasteiger partial charge in [-0.25, -0.2) is 0 Å². The molecule has 0 amide bonds. The van der Waals surface area contributed by atoms with Gasteiger partial charge in [0.05, 0.1) is 24.3 Å². The third kappa shape index (κ3) is 3.57. The van der Waals surface area contributed by atoms with Crippen LogP contribution in [-0.4, -0.2) is 39.1 Å². The van der Waals surface area contributed by atoms with Gasteiger partial charge in [-0.15, -0.1) is 0 Å². The summed E-state index contributed by atoms with van der Waals surface area (Å²) in [5.74, 6) is 0.520. The maximum atomic E-state index is 10.7. The number of rotatable bonds is 7. The molecule has 18 heavy (non-hydrogen) atoms. The highest BCUT2D eigenvalue weighted by Gasteiger charge is 2.12. The van der Waals surface area contributed by atoms with Crippen LogP contribution in [0.3, 0.4) is 0 Å². The van der Waals surface area contributed by atoms with E-state index in [4.69, 9.17) is 14.2 Å². The first-order valence-electron chi connectivity index (χ1n) is 5.24. The van der Waals surface area contributed by atoms with Gasteiger partial charge in [-0.05, 0) is 6.07 Å². The monoisotopic (exact) mass is 256 g/mol. The molecule has 0 saturated heterocycles. The molecule has 0 fully saturated rings. The molecule has 0 bridgehead atoms. The van der Waals surface area contributed by atoms with Crippen molar-refractivity contribution in [2.75, 3.05) is 33.2 Å². The molecule has 0 radical (unpaired) electrons. The van der Waals surface area contributed by atoms with Crippen LogP contribution >= 0.6 is 0 Å². The minimum absolute atomic E-state index is 0.00955. The first kappa shape index (κ1) is 14.2. The van der Waals surface area contributed by atoms with E-state index in [1.165, 1.54) is 39.5 Å². The fraction of sp³-hybridized carbons (Fsp3) is 0.455. The molecule has 0 aliphatic rings. The Morgan fingerprint density at radius 2 is 2.00 bits per heavy atom. The SMILES string of the molecule is COc1ccc([N+](=O)[O-])cc1NCC(OC)OC. The van der Waals surface area contributed by atoms with E-state index in [1.807, 2.05) is 0 Å². The number of hydrogen-bond donors (Lipinski definition) is 1. The van der Waals surface area contributed by atoms with Crippen molar-refractivity contribution < 1.29 is 19.1 Å². The van der Waals surface area contributed by atoms with Gasteiger partial charge in [0.2, 0.25) is 0 Å². The molecule has 7 heteroatoms. The summed E-state index contributed by atoms with van der Waals surface area (Å²) in [6, 6.07) is 4.32. The zero-order valence-corrected chi connectivity index (χ0v) is 10.5. The average Bonchev–Trinajstić information content (AvgIpc) is 2.39. The highest BCUT2D eigenvalue weighted by Crippen LogP contribution is 2.28. The normalized spacial score (nSPS) is 10.4. The summed E-state index contributed by atoms with van der Waals surface area (Å²) in [4.78, 5) is 10.2.